The van der Waals surface area contributed by atoms with E-state index in [-0.39, 0.29) is 43.7 Å². The number of nitrogens with one attached hydrogen (secondary N) is 1. The highest BCUT2D eigenvalue weighted by molar-refractivity contribution is 7.92. The van der Waals surface area contributed by atoms with Crippen LogP contribution in [0.5, 0.6) is 5.75 Å². The van der Waals surface area contributed by atoms with E-state index in [1.165, 1.54) is 9.21 Å². The van der Waals surface area contributed by atoms with E-state index in [0.29, 0.717) is 40.2 Å². The summed E-state index contributed by atoms with van der Waals surface area (Å²) >= 11 is 12.7. The summed E-state index contributed by atoms with van der Waals surface area (Å²) in [7, 11) is -3.60. The molecule has 0 aliphatic rings. The van der Waals surface area contributed by atoms with Gasteiger partial charge in [-0.2, -0.15) is 0 Å². The van der Waals surface area contributed by atoms with E-state index in [0.717, 1.165) is 6.26 Å². The van der Waals surface area contributed by atoms with Gasteiger partial charge in [-0.3, -0.25) is 13.9 Å². The molecule has 8 nitrogen and oxygen atoms in total. The lowest BCUT2D eigenvalue weighted by Crippen LogP contribution is -2.48. The summed E-state index contributed by atoms with van der Waals surface area (Å²) in [6.45, 7) is 8.59. The second-order valence-corrected chi connectivity index (χ2v) is 12.1. The van der Waals surface area contributed by atoms with E-state index in [9.17, 15) is 18.0 Å². The molecule has 210 valence electrons. The summed E-state index contributed by atoms with van der Waals surface area (Å²) in [5.74, 6) is 0.284. The molecule has 0 aliphatic heterocycles. The van der Waals surface area contributed by atoms with Crippen molar-refractivity contribution in [3.05, 3.63) is 58.1 Å². The summed E-state index contributed by atoms with van der Waals surface area (Å²) in [4.78, 5) is 27.7. The topological polar surface area (TPSA) is 96.0 Å². The van der Waals surface area contributed by atoms with Gasteiger partial charge in [0.2, 0.25) is 21.8 Å². The van der Waals surface area contributed by atoms with Crippen molar-refractivity contribution in [1.82, 2.24) is 10.2 Å². The smallest absolute Gasteiger partial charge is 0.242 e. The standard InChI is InChI=1S/C27H37Cl2N3O5S/c1-6-37-22-14-12-21(13-15-22)32(38(5,35)36)16-8-11-26(33)31(20(4)27(34)30-17-19(2)3)18-23-24(28)9-7-10-25(23)29/h7,9-10,12-15,19-20H,6,8,11,16-18H2,1-5H3,(H,30,34)/t20-/m1/s1. The molecule has 2 aromatic rings. The first-order chi connectivity index (χ1) is 17.8. The first-order valence-corrected chi connectivity index (χ1v) is 15.2. The SMILES string of the molecule is CCOc1ccc(N(CCCC(=O)N(Cc2c(Cl)cccc2Cl)[C@H](C)C(=O)NCC(C)C)S(C)(=O)=O)cc1. The van der Waals surface area contributed by atoms with Gasteiger partial charge in [0.25, 0.3) is 0 Å². The van der Waals surface area contributed by atoms with Crippen molar-refractivity contribution in [3.8, 4) is 5.75 Å². The molecule has 2 amide bonds. The van der Waals surface area contributed by atoms with E-state index >= 15 is 0 Å². The number of rotatable bonds is 14. The fraction of sp³-hybridized carbons (Fsp3) is 0.481. The number of halogens is 2. The lowest BCUT2D eigenvalue weighted by Gasteiger charge is -2.30. The number of hydrogen-bond acceptors (Lipinski definition) is 5. The molecule has 0 saturated heterocycles. The van der Waals surface area contributed by atoms with Gasteiger partial charge < -0.3 is 15.0 Å². The average molecular weight is 587 g/mol. The van der Waals surface area contributed by atoms with Gasteiger partial charge in [0.15, 0.2) is 0 Å². The highest BCUT2D eigenvalue weighted by Crippen LogP contribution is 2.27. The van der Waals surface area contributed by atoms with E-state index in [1.54, 1.807) is 49.4 Å². The number of nitrogens with zero attached hydrogens (tertiary/aromatic N) is 2. The van der Waals surface area contributed by atoms with Crippen LogP contribution in [0.2, 0.25) is 10.0 Å². The monoisotopic (exact) mass is 585 g/mol. The molecule has 2 rings (SSSR count). The van der Waals surface area contributed by atoms with Crippen molar-refractivity contribution in [3.63, 3.8) is 0 Å². The fourth-order valence-corrected chi connectivity index (χ4v) is 5.25. The quantitative estimate of drug-likeness (QED) is 0.331. The van der Waals surface area contributed by atoms with Gasteiger partial charge in [0.1, 0.15) is 11.8 Å². The maximum atomic E-state index is 13.4. The Morgan fingerprint density at radius 2 is 1.63 bits per heavy atom. The molecule has 0 heterocycles. The number of ether oxygens (including phenoxy) is 1. The molecule has 0 spiro atoms. The van der Waals surface area contributed by atoms with Gasteiger partial charge in [-0.15, -0.1) is 0 Å². The number of amides is 2. The van der Waals surface area contributed by atoms with Crippen molar-refractivity contribution in [1.29, 1.82) is 0 Å². The van der Waals surface area contributed by atoms with Crippen LogP contribution in [0.15, 0.2) is 42.5 Å². The molecule has 0 saturated carbocycles. The number of carbonyl (C=O) groups is 2. The molecule has 0 bridgehead atoms. The summed E-state index contributed by atoms with van der Waals surface area (Å²) < 4.78 is 31.7. The Hall–Kier alpha value is -2.49. The second-order valence-electron chi connectivity index (χ2n) is 9.40. The first-order valence-electron chi connectivity index (χ1n) is 12.6. The Morgan fingerprint density at radius 1 is 1.03 bits per heavy atom. The van der Waals surface area contributed by atoms with Crippen LogP contribution in [-0.2, 0) is 26.2 Å². The third-order valence-electron chi connectivity index (χ3n) is 5.83. The van der Waals surface area contributed by atoms with Crippen LogP contribution < -0.4 is 14.4 Å². The van der Waals surface area contributed by atoms with Crippen LogP contribution in [0.1, 0.15) is 46.1 Å². The van der Waals surface area contributed by atoms with E-state index in [4.69, 9.17) is 27.9 Å². The van der Waals surface area contributed by atoms with Crippen LogP contribution in [0.25, 0.3) is 0 Å². The lowest BCUT2D eigenvalue weighted by atomic mass is 10.1. The van der Waals surface area contributed by atoms with Crippen LogP contribution in [-0.4, -0.2) is 57.1 Å². The summed E-state index contributed by atoms with van der Waals surface area (Å²) in [5.41, 5.74) is 1.02. The number of sulfonamides is 1. The minimum absolute atomic E-state index is 0.0208. The summed E-state index contributed by atoms with van der Waals surface area (Å²) in [6, 6.07) is 11.0. The van der Waals surface area contributed by atoms with E-state index in [1.807, 2.05) is 20.8 Å². The molecular weight excluding hydrogens is 549 g/mol. The van der Waals surface area contributed by atoms with Crippen molar-refractivity contribution in [2.75, 3.05) is 30.3 Å². The van der Waals surface area contributed by atoms with Gasteiger partial charge in [0, 0.05) is 41.7 Å². The fourth-order valence-electron chi connectivity index (χ4n) is 3.77. The van der Waals surface area contributed by atoms with Crippen molar-refractivity contribution < 1.29 is 22.7 Å². The largest absolute Gasteiger partial charge is 0.494 e. The third-order valence-corrected chi connectivity index (χ3v) is 7.73. The van der Waals surface area contributed by atoms with Crippen molar-refractivity contribution in [2.24, 2.45) is 5.92 Å². The van der Waals surface area contributed by atoms with Gasteiger partial charge >= 0.3 is 0 Å². The Balaban J connectivity index is 2.20. The number of hydrogen-bond donors (Lipinski definition) is 1. The molecule has 0 fully saturated rings. The summed E-state index contributed by atoms with van der Waals surface area (Å²) in [6.07, 6.45) is 1.39. The first kappa shape index (κ1) is 31.7. The maximum absolute atomic E-state index is 13.4. The Kier molecular flexibility index (Phi) is 12.2. The highest BCUT2D eigenvalue weighted by atomic mass is 35.5. The van der Waals surface area contributed by atoms with E-state index in [2.05, 4.69) is 5.32 Å². The molecule has 0 radical (unpaired) electrons. The van der Waals surface area contributed by atoms with Crippen LogP contribution >= 0.6 is 23.2 Å². The molecule has 11 heteroatoms. The zero-order valence-corrected chi connectivity index (χ0v) is 24.9. The van der Waals surface area contributed by atoms with Crippen molar-refractivity contribution in [2.45, 2.75) is 53.1 Å². The summed E-state index contributed by atoms with van der Waals surface area (Å²) in [5, 5.41) is 3.65. The maximum Gasteiger partial charge on any atom is 0.242 e. The van der Waals surface area contributed by atoms with Crippen molar-refractivity contribution >= 4 is 50.7 Å². The molecule has 38 heavy (non-hydrogen) atoms. The van der Waals surface area contributed by atoms with Gasteiger partial charge in [-0.1, -0.05) is 43.1 Å². The molecule has 0 aromatic heterocycles. The molecule has 1 N–H and O–H groups in total. The van der Waals surface area contributed by atoms with Gasteiger partial charge in [0.05, 0.1) is 18.6 Å². The lowest BCUT2D eigenvalue weighted by molar-refractivity contribution is -0.140. The number of anilines is 1. The normalized spacial score (nSPS) is 12.2. The highest BCUT2D eigenvalue weighted by Gasteiger charge is 2.28. The van der Waals surface area contributed by atoms with Crippen LogP contribution in [0.4, 0.5) is 5.69 Å². The average Bonchev–Trinajstić information content (AvgIpc) is 2.84. The third kappa shape index (κ3) is 9.36. The minimum Gasteiger partial charge on any atom is -0.494 e. The van der Waals surface area contributed by atoms with Crippen LogP contribution in [0, 0.1) is 5.92 Å². The zero-order valence-electron chi connectivity index (χ0n) is 22.5. The van der Waals surface area contributed by atoms with Gasteiger partial charge in [-0.05, 0) is 62.6 Å². The molecule has 0 unspecified atom stereocenters. The molecule has 2 aromatic carbocycles. The zero-order chi connectivity index (χ0) is 28.5. The molecule has 0 aliphatic carbocycles. The Morgan fingerprint density at radius 3 is 2.16 bits per heavy atom. The number of benzene rings is 2. The predicted molar refractivity (Wildman–Crippen MR) is 153 cm³/mol. The number of carbonyl (C=O) groups excluding carboxylic acids is 2. The molecular formula is C27H37Cl2N3O5S. The minimum atomic E-state index is -3.60. The Labute approximate surface area is 236 Å². The Bertz CT molecular complexity index is 1170. The van der Waals surface area contributed by atoms with E-state index < -0.39 is 16.1 Å². The predicted octanol–water partition coefficient (Wildman–Crippen LogP) is 5.13. The van der Waals surface area contributed by atoms with Gasteiger partial charge in [-0.25, -0.2) is 8.42 Å². The second kappa shape index (κ2) is 14.6. The molecule has 1 atom stereocenters. The van der Waals surface area contributed by atoms with Crippen LogP contribution in [0.3, 0.4) is 0 Å².